The van der Waals surface area contributed by atoms with Gasteiger partial charge in [0.15, 0.2) is 5.82 Å². The van der Waals surface area contributed by atoms with E-state index in [1.807, 2.05) is 41.3 Å². The number of amides is 1. The molecule has 33 heavy (non-hydrogen) atoms. The fourth-order valence-electron chi connectivity index (χ4n) is 3.36. The summed E-state index contributed by atoms with van der Waals surface area (Å²) in [6, 6.07) is 9.02. The number of carbonyl (C=O) groups excluding carboxylic acids is 1. The van der Waals surface area contributed by atoms with Crippen molar-refractivity contribution in [1.29, 1.82) is 0 Å². The number of pyridine rings is 1. The van der Waals surface area contributed by atoms with Gasteiger partial charge in [-0.25, -0.2) is 4.68 Å². The van der Waals surface area contributed by atoms with Crippen molar-refractivity contribution >= 4 is 26.8 Å². The Morgan fingerprint density at radius 3 is 2.76 bits per heavy atom. The van der Waals surface area contributed by atoms with Gasteiger partial charge in [-0.15, -0.1) is 5.10 Å². The molecule has 2 N–H and O–H groups in total. The number of anilines is 2. The molecule has 174 valence electrons. The van der Waals surface area contributed by atoms with E-state index in [1.165, 1.54) is 19.8 Å². The number of alkyl halides is 1. The molecule has 1 aromatic carbocycles. The van der Waals surface area contributed by atoms with Crippen molar-refractivity contribution in [3.05, 3.63) is 47.8 Å². The third-order valence-electron chi connectivity index (χ3n) is 5.15. The maximum atomic E-state index is 13.8. The molecule has 2 unspecified atom stereocenters. The van der Waals surface area contributed by atoms with Crippen LogP contribution in [0.5, 0.6) is 5.75 Å². The van der Waals surface area contributed by atoms with Crippen LogP contribution in [0, 0.1) is 19.8 Å². The van der Waals surface area contributed by atoms with E-state index < -0.39 is 5.60 Å². The van der Waals surface area contributed by atoms with E-state index >= 15 is 0 Å². The van der Waals surface area contributed by atoms with Gasteiger partial charge < -0.3 is 15.4 Å². The predicted octanol–water partition coefficient (Wildman–Crippen LogP) is 4.12. The third kappa shape index (κ3) is 6.48. The first-order valence-electron chi connectivity index (χ1n) is 10.9. The maximum absolute atomic E-state index is 13.8. The van der Waals surface area contributed by atoms with Crippen LogP contribution in [0.25, 0.3) is 11.4 Å². The number of nitrogens with one attached hydrogen (secondary N) is 2. The molecule has 1 saturated carbocycles. The molecule has 1 aliphatic carbocycles. The van der Waals surface area contributed by atoms with Crippen LogP contribution in [0.3, 0.4) is 0 Å². The van der Waals surface area contributed by atoms with Gasteiger partial charge in [-0.2, -0.15) is 9.37 Å². The highest BCUT2D eigenvalue weighted by molar-refractivity contribution is 7.18. The molecule has 0 spiro atoms. The number of benzene rings is 1. The first-order chi connectivity index (χ1) is 15.7. The van der Waals surface area contributed by atoms with Crippen LogP contribution >= 0.6 is 9.24 Å². The minimum absolute atomic E-state index is 0.0627. The SMILES string of the molecule is Cc1cc(-c2nc(Nc3ccc(OC(C)(F)P)c(C)c3)nn2CC(=O)NCC2CC2)ccn1. The second-order valence-corrected chi connectivity index (χ2v) is 9.57. The quantitative estimate of drug-likeness (QED) is 0.457. The predicted molar refractivity (Wildman–Crippen MR) is 128 cm³/mol. The Morgan fingerprint density at radius 2 is 2.09 bits per heavy atom. The van der Waals surface area contributed by atoms with Gasteiger partial charge in [0.1, 0.15) is 12.3 Å². The van der Waals surface area contributed by atoms with Crippen molar-refractivity contribution in [2.75, 3.05) is 11.9 Å². The summed E-state index contributed by atoms with van der Waals surface area (Å²) in [7, 11) is 2.02. The van der Waals surface area contributed by atoms with E-state index in [0.29, 0.717) is 30.0 Å². The smallest absolute Gasteiger partial charge is 0.256 e. The summed E-state index contributed by atoms with van der Waals surface area (Å²) in [5.74, 6) is 1.86. The zero-order valence-corrected chi connectivity index (χ0v) is 20.1. The average Bonchev–Trinajstić information content (AvgIpc) is 3.48. The molecular formula is C23H28FN6O2P. The molecule has 8 nitrogen and oxygen atoms in total. The van der Waals surface area contributed by atoms with Gasteiger partial charge >= 0.3 is 0 Å². The van der Waals surface area contributed by atoms with Crippen molar-refractivity contribution in [3.63, 3.8) is 0 Å². The highest BCUT2D eigenvalue weighted by Crippen LogP contribution is 2.30. The summed E-state index contributed by atoms with van der Waals surface area (Å²) >= 11 is 0. The van der Waals surface area contributed by atoms with Gasteiger partial charge in [-0.1, -0.05) is 9.24 Å². The number of aromatic nitrogens is 4. The van der Waals surface area contributed by atoms with E-state index in [0.717, 1.165) is 22.5 Å². The van der Waals surface area contributed by atoms with Crippen LogP contribution < -0.4 is 15.4 Å². The molecule has 2 atom stereocenters. The Balaban J connectivity index is 1.56. The summed E-state index contributed by atoms with van der Waals surface area (Å²) in [6.07, 6.45) is 4.05. The van der Waals surface area contributed by atoms with Crippen LogP contribution in [-0.2, 0) is 11.3 Å². The van der Waals surface area contributed by atoms with Gasteiger partial charge in [-0.3, -0.25) is 9.78 Å². The summed E-state index contributed by atoms with van der Waals surface area (Å²) in [4.78, 5) is 21.3. The second-order valence-electron chi connectivity index (χ2n) is 8.54. The largest absolute Gasteiger partial charge is 0.455 e. The van der Waals surface area contributed by atoms with Crippen molar-refractivity contribution in [2.45, 2.75) is 45.8 Å². The molecular weight excluding hydrogens is 442 g/mol. The van der Waals surface area contributed by atoms with Crippen LogP contribution in [0.4, 0.5) is 16.0 Å². The summed E-state index contributed by atoms with van der Waals surface area (Å²) in [5.41, 5.74) is 1.29. The van der Waals surface area contributed by atoms with Crippen LogP contribution in [0.1, 0.15) is 31.0 Å². The number of rotatable bonds is 9. The lowest BCUT2D eigenvalue weighted by molar-refractivity contribution is -0.121. The van der Waals surface area contributed by atoms with E-state index in [2.05, 4.69) is 25.7 Å². The van der Waals surface area contributed by atoms with E-state index in [1.54, 1.807) is 23.0 Å². The summed E-state index contributed by atoms with van der Waals surface area (Å²) in [6.45, 7) is 5.81. The molecule has 0 bridgehead atoms. The lowest BCUT2D eigenvalue weighted by Crippen LogP contribution is -2.30. The van der Waals surface area contributed by atoms with E-state index in [4.69, 9.17) is 4.74 Å². The lowest BCUT2D eigenvalue weighted by atomic mass is 10.2. The average molecular weight is 470 g/mol. The van der Waals surface area contributed by atoms with Gasteiger partial charge in [0.2, 0.25) is 11.9 Å². The molecule has 4 rings (SSSR count). The monoisotopic (exact) mass is 470 g/mol. The molecule has 0 radical (unpaired) electrons. The van der Waals surface area contributed by atoms with Crippen molar-refractivity contribution in [1.82, 2.24) is 25.1 Å². The standard InChI is InChI=1S/C23H28FN6O2P/c1-14-10-18(6-7-19(14)32-23(3,24)33)27-22-28-21(17-8-9-25-15(2)11-17)30(29-22)13-20(31)26-12-16-4-5-16/h6-11,16H,4-5,12-13,33H2,1-3H3,(H,26,31)(H,27,29). The molecule has 10 heteroatoms. The molecule has 2 aromatic heterocycles. The Bertz CT molecular complexity index is 1160. The highest BCUT2D eigenvalue weighted by atomic mass is 31.0. The number of halogens is 1. The van der Waals surface area contributed by atoms with Gasteiger partial charge in [0, 0.05) is 36.6 Å². The minimum atomic E-state index is -1.85. The second kappa shape index (κ2) is 9.43. The lowest BCUT2D eigenvalue weighted by Gasteiger charge is -2.19. The summed E-state index contributed by atoms with van der Waals surface area (Å²) in [5, 5.41) is 10.7. The van der Waals surface area contributed by atoms with E-state index in [9.17, 15) is 9.18 Å². The molecule has 0 aliphatic heterocycles. The first-order valence-corrected chi connectivity index (χ1v) is 11.4. The first kappa shape index (κ1) is 23.1. The third-order valence-corrected chi connectivity index (χ3v) is 5.26. The molecule has 1 amide bonds. The van der Waals surface area contributed by atoms with Crippen LogP contribution in [0.2, 0.25) is 0 Å². The number of carbonyl (C=O) groups is 1. The normalized spacial score (nSPS) is 15.1. The number of ether oxygens (including phenoxy) is 1. The Morgan fingerprint density at radius 1 is 1.30 bits per heavy atom. The van der Waals surface area contributed by atoms with Gasteiger partial charge in [0.05, 0.1) is 0 Å². The molecule has 1 fully saturated rings. The topological polar surface area (TPSA) is 94.0 Å². The number of hydrogen-bond acceptors (Lipinski definition) is 6. The fraction of sp³-hybridized carbons (Fsp3) is 0.391. The number of hydrogen-bond donors (Lipinski definition) is 2. The Kier molecular flexibility index (Phi) is 6.61. The number of nitrogens with zero attached hydrogens (tertiary/aromatic N) is 4. The van der Waals surface area contributed by atoms with Crippen LogP contribution in [-0.4, -0.2) is 37.8 Å². The highest BCUT2D eigenvalue weighted by Gasteiger charge is 2.23. The van der Waals surface area contributed by atoms with Gasteiger partial charge in [0.25, 0.3) is 5.60 Å². The van der Waals surface area contributed by atoms with E-state index in [-0.39, 0.29) is 12.5 Å². The minimum Gasteiger partial charge on any atom is -0.455 e. The Labute approximate surface area is 194 Å². The van der Waals surface area contributed by atoms with Crippen molar-refractivity contribution in [2.24, 2.45) is 5.92 Å². The van der Waals surface area contributed by atoms with Crippen molar-refractivity contribution in [3.8, 4) is 17.1 Å². The zero-order chi connectivity index (χ0) is 23.6. The molecule has 1 aliphatic rings. The maximum Gasteiger partial charge on any atom is 0.256 e. The number of aryl methyl sites for hydroxylation is 2. The summed E-state index contributed by atoms with van der Waals surface area (Å²) < 4.78 is 20.7. The molecule has 2 heterocycles. The molecule has 0 saturated heterocycles. The Hall–Kier alpha value is -3.06. The fourth-order valence-corrected chi connectivity index (χ4v) is 3.49. The molecule has 3 aromatic rings. The van der Waals surface area contributed by atoms with Gasteiger partial charge in [-0.05, 0) is 68.5 Å². The zero-order valence-electron chi connectivity index (χ0n) is 18.9. The van der Waals surface area contributed by atoms with Crippen LogP contribution in [0.15, 0.2) is 36.5 Å². The van der Waals surface area contributed by atoms with Crippen molar-refractivity contribution < 1.29 is 13.9 Å².